The lowest BCUT2D eigenvalue weighted by molar-refractivity contribution is -0.144. The van der Waals surface area contributed by atoms with E-state index in [-0.39, 0.29) is 17.3 Å². The first-order valence-corrected chi connectivity index (χ1v) is 6.93. The molecule has 0 aromatic carbocycles. The van der Waals surface area contributed by atoms with Gasteiger partial charge in [-0.25, -0.2) is 0 Å². The minimum absolute atomic E-state index is 0.103. The number of rotatable bonds is 5. The van der Waals surface area contributed by atoms with Crippen LogP contribution in [-0.4, -0.2) is 39.4 Å². The normalized spacial score (nSPS) is 16.8. The highest BCUT2D eigenvalue weighted by Crippen LogP contribution is 2.36. The van der Waals surface area contributed by atoms with Crippen molar-refractivity contribution in [2.45, 2.75) is 45.5 Å². The molecule has 1 aliphatic carbocycles. The van der Waals surface area contributed by atoms with Gasteiger partial charge in [-0.15, -0.1) is 0 Å². The van der Waals surface area contributed by atoms with E-state index in [1.807, 2.05) is 0 Å². The zero-order valence-corrected chi connectivity index (χ0v) is 12.0. The van der Waals surface area contributed by atoms with E-state index in [0.717, 1.165) is 17.7 Å². The van der Waals surface area contributed by atoms with Gasteiger partial charge in [-0.3, -0.25) is 9.48 Å². The Morgan fingerprint density at radius 2 is 2.19 bits per heavy atom. The summed E-state index contributed by atoms with van der Waals surface area (Å²) in [6, 6.07) is -0.467. The molecule has 21 heavy (non-hydrogen) atoms. The summed E-state index contributed by atoms with van der Waals surface area (Å²) in [4.78, 5) is 13.3. The average molecular weight is 304 g/mol. The number of aromatic nitrogens is 2. The summed E-state index contributed by atoms with van der Waals surface area (Å²) >= 11 is 0. The van der Waals surface area contributed by atoms with Crippen molar-refractivity contribution < 1.29 is 18.0 Å². The number of nitrogens with zero attached hydrogens (tertiary/aromatic N) is 3. The molecule has 2 N–H and O–H groups in total. The molecule has 1 aromatic heterocycles. The van der Waals surface area contributed by atoms with Crippen LogP contribution in [0.3, 0.4) is 0 Å². The molecule has 0 spiro atoms. The van der Waals surface area contributed by atoms with Crippen molar-refractivity contribution in [3.63, 3.8) is 0 Å². The van der Waals surface area contributed by atoms with E-state index in [1.165, 1.54) is 10.9 Å². The summed E-state index contributed by atoms with van der Waals surface area (Å²) in [7, 11) is 0. The van der Waals surface area contributed by atoms with Crippen LogP contribution < -0.4 is 5.73 Å². The van der Waals surface area contributed by atoms with Crippen molar-refractivity contribution in [1.29, 1.82) is 0 Å². The van der Waals surface area contributed by atoms with Gasteiger partial charge in [0.2, 0.25) is 0 Å². The molecule has 118 valence electrons. The first-order valence-electron chi connectivity index (χ1n) is 6.93. The number of carbonyl (C=O) groups excluding carboxylic acids is 1. The Labute approximate surface area is 120 Å². The smallest absolute Gasteiger partial charge is 0.396 e. The van der Waals surface area contributed by atoms with Gasteiger partial charge in [0.1, 0.15) is 6.54 Å². The number of aryl methyl sites for hydroxylation is 1. The van der Waals surface area contributed by atoms with Crippen LogP contribution in [0.4, 0.5) is 18.9 Å². The van der Waals surface area contributed by atoms with E-state index in [1.54, 1.807) is 13.8 Å². The Morgan fingerprint density at radius 3 is 2.62 bits per heavy atom. The van der Waals surface area contributed by atoms with Crippen molar-refractivity contribution >= 4 is 11.6 Å². The summed E-state index contributed by atoms with van der Waals surface area (Å²) in [5.74, 6) is -0.623. The Balaban J connectivity index is 2.25. The molecule has 1 amide bonds. The minimum atomic E-state index is -4.44. The number of anilines is 1. The maximum absolute atomic E-state index is 12.7. The van der Waals surface area contributed by atoms with E-state index in [2.05, 4.69) is 5.10 Å². The highest BCUT2D eigenvalue weighted by molar-refractivity contribution is 5.97. The predicted molar refractivity (Wildman–Crippen MR) is 71.6 cm³/mol. The fraction of sp³-hybridized carbons (Fsp3) is 0.692. The summed E-state index contributed by atoms with van der Waals surface area (Å²) in [6.45, 7) is 2.67. The average Bonchev–Trinajstić information content (AvgIpc) is 3.16. The molecule has 1 saturated carbocycles. The topological polar surface area (TPSA) is 64.2 Å². The fourth-order valence-electron chi connectivity index (χ4n) is 2.33. The van der Waals surface area contributed by atoms with Crippen LogP contribution >= 0.6 is 0 Å². The molecule has 0 saturated heterocycles. The highest BCUT2D eigenvalue weighted by atomic mass is 19.4. The van der Waals surface area contributed by atoms with Crippen LogP contribution in [0.5, 0.6) is 0 Å². The second-order valence-electron chi connectivity index (χ2n) is 5.42. The third-order valence-corrected chi connectivity index (χ3v) is 3.72. The monoisotopic (exact) mass is 304 g/mol. The van der Waals surface area contributed by atoms with Gasteiger partial charge < -0.3 is 10.6 Å². The fourth-order valence-corrected chi connectivity index (χ4v) is 2.33. The van der Waals surface area contributed by atoms with Gasteiger partial charge in [-0.1, -0.05) is 0 Å². The van der Waals surface area contributed by atoms with E-state index in [0.29, 0.717) is 6.54 Å². The maximum atomic E-state index is 12.7. The third kappa shape index (κ3) is 3.68. The van der Waals surface area contributed by atoms with Crippen LogP contribution in [-0.2, 0) is 6.54 Å². The second kappa shape index (κ2) is 5.57. The van der Waals surface area contributed by atoms with Gasteiger partial charge in [-0.05, 0) is 32.6 Å². The van der Waals surface area contributed by atoms with Gasteiger partial charge in [0.15, 0.2) is 5.69 Å². The predicted octanol–water partition coefficient (Wildman–Crippen LogP) is 2.29. The molecule has 1 atom stereocenters. The lowest BCUT2D eigenvalue weighted by atomic mass is 10.1. The zero-order valence-electron chi connectivity index (χ0n) is 12.0. The number of carbonyl (C=O) groups is 1. The van der Waals surface area contributed by atoms with E-state index >= 15 is 0 Å². The quantitative estimate of drug-likeness (QED) is 0.907. The molecule has 2 rings (SSSR count). The number of alkyl halides is 3. The minimum Gasteiger partial charge on any atom is -0.396 e. The molecule has 5 nitrogen and oxygen atoms in total. The molecule has 1 unspecified atom stereocenters. The summed E-state index contributed by atoms with van der Waals surface area (Å²) < 4.78 is 39.7. The van der Waals surface area contributed by atoms with Crippen molar-refractivity contribution in [3.05, 3.63) is 11.9 Å². The van der Waals surface area contributed by atoms with E-state index in [9.17, 15) is 18.0 Å². The molecule has 1 aliphatic rings. The van der Waals surface area contributed by atoms with Crippen molar-refractivity contribution in [3.8, 4) is 0 Å². The molecule has 0 aliphatic heterocycles. The lowest BCUT2D eigenvalue weighted by Crippen LogP contribution is -2.45. The molecular formula is C13H19F3N4O. The first kappa shape index (κ1) is 15.7. The molecule has 1 aromatic rings. The summed E-state index contributed by atoms with van der Waals surface area (Å²) in [5, 5.41) is 3.97. The molecule has 1 heterocycles. The largest absolute Gasteiger partial charge is 0.406 e. The van der Waals surface area contributed by atoms with Gasteiger partial charge in [0, 0.05) is 18.8 Å². The van der Waals surface area contributed by atoms with Crippen LogP contribution in [0.1, 0.15) is 37.2 Å². The van der Waals surface area contributed by atoms with Crippen LogP contribution in [0.25, 0.3) is 0 Å². The molecular weight excluding hydrogens is 285 g/mol. The van der Waals surface area contributed by atoms with Crippen LogP contribution in [0.2, 0.25) is 0 Å². The van der Waals surface area contributed by atoms with Gasteiger partial charge in [0.05, 0.1) is 5.69 Å². The Bertz CT molecular complexity index is 522. The van der Waals surface area contributed by atoms with Gasteiger partial charge >= 0.3 is 6.18 Å². The van der Waals surface area contributed by atoms with E-state index < -0.39 is 24.7 Å². The summed E-state index contributed by atoms with van der Waals surface area (Å²) in [5.41, 5.74) is 5.70. The third-order valence-electron chi connectivity index (χ3n) is 3.72. The number of hydrogen-bond acceptors (Lipinski definition) is 3. The van der Waals surface area contributed by atoms with Crippen molar-refractivity contribution in [2.75, 3.05) is 12.3 Å². The van der Waals surface area contributed by atoms with Crippen molar-refractivity contribution in [1.82, 2.24) is 14.7 Å². The van der Waals surface area contributed by atoms with Crippen LogP contribution in [0.15, 0.2) is 6.20 Å². The lowest BCUT2D eigenvalue weighted by Gasteiger charge is -2.29. The number of nitrogens with two attached hydrogens (primary N) is 1. The van der Waals surface area contributed by atoms with Crippen LogP contribution in [0, 0.1) is 5.92 Å². The van der Waals surface area contributed by atoms with E-state index in [4.69, 9.17) is 5.73 Å². The second-order valence-corrected chi connectivity index (χ2v) is 5.42. The summed E-state index contributed by atoms with van der Waals surface area (Å²) in [6.07, 6.45) is -1.29. The number of amides is 1. The SMILES string of the molecule is CCn1cc(N)c(C(=O)N(CC(F)(F)F)C(C)C2CC2)n1. The van der Waals surface area contributed by atoms with Crippen molar-refractivity contribution in [2.24, 2.45) is 5.92 Å². The molecule has 8 heteroatoms. The standard InChI is InChI=1S/C13H19F3N4O/c1-3-19-6-10(17)11(18-19)12(21)20(7-13(14,15)16)8(2)9-4-5-9/h6,8-9H,3-5,7,17H2,1-2H3. The highest BCUT2D eigenvalue weighted by Gasteiger charge is 2.41. The molecule has 0 radical (unpaired) electrons. The Kier molecular flexibility index (Phi) is 4.15. The Hall–Kier alpha value is -1.73. The van der Waals surface area contributed by atoms with Gasteiger partial charge in [-0.2, -0.15) is 18.3 Å². The number of nitrogen functional groups attached to an aromatic ring is 1. The zero-order chi connectivity index (χ0) is 15.8. The first-order chi connectivity index (χ1) is 9.73. The molecule has 0 bridgehead atoms. The Morgan fingerprint density at radius 1 is 1.57 bits per heavy atom. The number of hydrogen-bond donors (Lipinski definition) is 1. The molecule has 1 fully saturated rings. The number of halogens is 3. The van der Waals surface area contributed by atoms with Gasteiger partial charge in [0.25, 0.3) is 5.91 Å². The maximum Gasteiger partial charge on any atom is 0.406 e.